The Kier molecular flexibility index (Phi) is 4.47. The summed E-state index contributed by atoms with van der Waals surface area (Å²) in [5.74, 6) is 1.25. The number of anilines is 1. The van der Waals surface area contributed by atoms with Crippen molar-refractivity contribution in [3.05, 3.63) is 47.8 Å². The van der Waals surface area contributed by atoms with Crippen molar-refractivity contribution < 1.29 is 13.9 Å². The molecule has 150 valence electrons. The van der Waals surface area contributed by atoms with E-state index in [1.165, 1.54) is 6.07 Å². The van der Waals surface area contributed by atoms with Crippen molar-refractivity contribution in [1.82, 2.24) is 10.7 Å². The molecule has 3 aliphatic heterocycles. The number of hydrazone groups is 1. The maximum atomic E-state index is 14.7. The van der Waals surface area contributed by atoms with Gasteiger partial charge in [-0.05, 0) is 68.1 Å². The number of benzene rings is 2. The second kappa shape index (κ2) is 7.15. The number of piperidine rings is 1. The highest BCUT2D eigenvalue weighted by atomic mass is 19.1. The number of halogens is 1. The molecule has 2 aromatic rings. The first kappa shape index (κ1) is 18.1. The zero-order valence-corrected chi connectivity index (χ0v) is 16.2. The highest BCUT2D eigenvalue weighted by Crippen LogP contribution is 2.44. The molecule has 5 rings (SSSR count). The average Bonchev–Trinajstić information content (AvgIpc) is 2.76. The first-order valence-corrected chi connectivity index (χ1v) is 10.1. The first-order valence-electron chi connectivity index (χ1n) is 10.1. The third-order valence-corrected chi connectivity index (χ3v) is 6.03. The van der Waals surface area contributed by atoms with Gasteiger partial charge in [-0.1, -0.05) is 18.2 Å². The summed E-state index contributed by atoms with van der Waals surface area (Å²) < 4.78 is 20.7. The normalized spacial score (nSPS) is 21.6. The molecular formula is C22H23FN4O2. The molecule has 0 radical (unpaired) electrons. The quantitative estimate of drug-likeness (QED) is 0.822. The van der Waals surface area contributed by atoms with E-state index in [4.69, 9.17) is 4.74 Å². The molecule has 2 aromatic carbocycles. The number of carbonyl (C=O) groups is 1. The van der Waals surface area contributed by atoms with Gasteiger partial charge >= 0.3 is 0 Å². The molecule has 1 saturated heterocycles. The standard InChI is InChI=1S/C22H23FN4O2/c1-13-22(28)26-25-21-12-29-20-11-17(15-4-2-3-5-18(15)23)16(10-19(20)27(13)21)14-6-8-24-9-7-14/h2-5,10-11,13-14,24H,6-9,12H2,1H3,(H,26,28). The van der Waals surface area contributed by atoms with Crippen LogP contribution in [0.15, 0.2) is 41.5 Å². The van der Waals surface area contributed by atoms with E-state index in [-0.39, 0.29) is 24.4 Å². The Balaban J connectivity index is 1.69. The number of fused-ring (bicyclic) bond motifs is 3. The SMILES string of the molecule is CC1C(=O)NN=C2COc3cc(-c4ccccc4F)c(C4CCNCC4)cc3N21. The van der Waals surface area contributed by atoms with Crippen LogP contribution in [-0.4, -0.2) is 37.5 Å². The Morgan fingerprint density at radius 3 is 2.76 bits per heavy atom. The lowest BCUT2D eigenvalue weighted by molar-refractivity contribution is -0.122. The van der Waals surface area contributed by atoms with Crippen LogP contribution >= 0.6 is 0 Å². The number of nitrogens with zero attached hydrogens (tertiary/aromatic N) is 2. The third kappa shape index (κ3) is 3.06. The maximum Gasteiger partial charge on any atom is 0.262 e. The lowest BCUT2D eigenvalue weighted by Crippen LogP contribution is -2.55. The van der Waals surface area contributed by atoms with E-state index in [2.05, 4.69) is 21.9 Å². The summed E-state index contributed by atoms with van der Waals surface area (Å²) in [6.07, 6.45) is 1.97. The van der Waals surface area contributed by atoms with Crippen LogP contribution in [0.1, 0.15) is 31.2 Å². The second-order valence-electron chi connectivity index (χ2n) is 7.75. The second-order valence-corrected chi connectivity index (χ2v) is 7.75. The van der Waals surface area contributed by atoms with Gasteiger partial charge in [-0.25, -0.2) is 9.82 Å². The lowest BCUT2D eigenvalue weighted by atomic mass is 9.84. The molecule has 0 aromatic heterocycles. The molecule has 6 nitrogen and oxygen atoms in total. The number of ether oxygens (including phenoxy) is 1. The van der Waals surface area contributed by atoms with E-state index in [9.17, 15) is 9.18 Å². The summed E-state index contributed by atoms with van der Waals surface area (Å²) in [5, 5.41) is 7.56. The molecule has 0 saturated carbocycles. The van der Waals surface area contributed by atoms with Crippen LogP contribution in [0.25, 0.3) is 11.1 Å². The number of rotatable bonds is 2. The number of amidine groups is 1. The van der Waals surface area contributed by atoms with E-state index in [1.807, 2.05) is 30.0 Å². The van der Waals surface area contributed by atoms with Gasteiger partial charge in [0.05, 0.1) is 5.69 Å². The Bertz CT molecular complexity index is 1000. The summed E-state index contributed by atoms with van der Waals surface area (Å²) >= 11 is 0. The van der Waals surface area contributed by atoms with Crippen molar-refractivity contribution in [3.63, 3.8) is 0 Å². The van der Waals surface area contributed by atoms with Crippen LogP contribution in [0.2, 0.25) is 0 Å². The number of hydrogen-bond donors (Lipinski definition) is 2. The molecule has 7 heteroatoms. The summed E-state index contributed by atoms with van der Waals surface area (Å²) in [5.41, 5.74) is 5.92. The van der Waals surface area contributed by atoms with E-state index in [0.29, 0.717) is 23.1 Å². The molecule has 0 bridgehead atoms. The first-order chi connectivity index (χ1) is 14.1. The Morgan fingerprint density at radius 1 is 1.17 bits per heavy atom. The van der Waals surface area contributed by atoms with Gasteiger partial charge < -0.3 is 15.0 Å². The van der Waals surface area contributed by atoms with Crippen molar-refractivity contribution in [2.24, 2.45) is 5.10 Å². The highest BCUT2D eigenvalue weighted by molar-refractivity contribution is 6.09. The Morgan fingerprint density at radius 2 is 1.97 bits per heavy atom. The van der Waals surface area contributed by atoms with E-state index < -0.39 is 0 Å². The molecule has 1 atom stereocenters. The van der Waals surface area contributed by atoms with Crippen molar-refractivity contribution in [1.29, 1.82) is 0 Å². The predicted octanol–water partition coefficient (Wildman–Crippen LogP) is 2.99. The number of nitrogens with one attached hydrogen (secondary N) is 2. The fourth-order valence-corrected chi connectivity index (χ4v) is 4.47. The van der Waals surface area contributed by atoms with Gasteiger partial charge in [0.1, 0.15) is 24.2 Å². The average molecular weight is 394 g/mol. The summed E-state index contributed by atoms with van der Waals surface area (Å²) in [6.45, 7) is 3.99. The summed E-state index contributed by atoms with van der Waals surface area (Å²) in [4.78, 5) is 14.2. The smallest absolute Gasteiger partial charge is 0.262 e. The minimum absolute atomic E-state index is 0.150. The van der Waals surface area contributed by atoms with Gasteiger partial charge in [-0.2, -0.15) is 5.10 Å². The van der Waals surface area contributed by atoms with Crippen LogP contribution < -0.4 is 20.4 Å². The van der Waals surface area contributed by atoms with E-state index in [1.54, 1.807) is 6.07 Å². The molecule has 3 aliphatic rings. The van der Waals surface area contributed by atoms with Gasteiger partial charge in [0.2, 0.25) is 0 Å². The van der Waals surface area contributed by atoms with Crippen LogP contribution in [-0.2, 0) is 4.79 Å². The van der Waals surface area contributed by atoms with Crippen molar-refractivity contribution in [3.8, 4) is 16.9 Å². The van der Waals surface area contributed by atoms with Crippen molar-refractivity contribution >= 4 is 17.4 Å². The molecule has 29 heavy (non-hydrogen) atoms. The molecule has 1 unspecified atom stereocenters. The predicted molar refractivity (Wildman–Crippen MR) is 110 cm³/mol. The van der Waals surface area contributed by atoms with Crippen LogP contribution in [0.4, 0.5) is 10.1 Å². The molecule has 2 N–H and O–H groups in total. The summed E-state index contributed by atoms with van der Waals surface area (Å²) in [6, 6.07) is 10.5. The number of hydrogen-bond acceptors (Lipinski definition) is 5. The molecule has 0 aliphatic carbocycles. The van der Waals surface area contributed by atoms with Gasteiger partial charge in [0.25, 0.3) is 5.91 Å². The molecule has 0 spiro atoms. The van der Waals surface area contributed by atoms with Gasteiger partial charge in [0.15, 0.2) is 5.84 Å². The Labute approximate surface area is 168 Å². The van der Waals surface area contributed by atoms with Crippen molar-refractivity contribution in [2.75, 3.05) is 24.6 Å². The van der Waals surface area contributed by atoms with E-state index in [0.717, 1.165) is 42.7 Å². The van der Waals surface area contributed by atoms with Gasteiger partial charge in [-0.15, -0.1) is 0 Å². The van der Waals surface area contributed by atoms with Gasteiger partial charge in [-0.3, -0.25) is 4.79 Å². The zero-order chi connectivity index (χ0) is 20.0. The third-order valence-electron chi connectivity index (χ3n) is 6.03. The fraction of sp³-hybridized carbons (Fsp3) is 0.364. The topological polar surface area (TPSA) is 66.0 Å². The largest absolute Gasteiger partial charge is 0.483 e. The number of carbonyl (C=O) groups excluding carboxylic acids is 1. The zero-order valence-electron chi connectivity index (χ0n) is 16.2. The van der Waals surface area contributed by atoms with Crippen LogP contribution in [0, 0.1) is 5.82 Å². The lowest BCUT2D eigenvalue weighted by Gasteiger charge is -2.39. The minimum Gasteiger partial charge on any atom is -0.483 e. The molecule has 1 amide bonds. The van der Waals surface area contributed by atoms with E-state index >= 15 is 0 Å². The minimum atomic E-state index is -0.384. The fourth-order valence-electron chi connectivity index (χ4n) is 4.47. The highest BCUT2D eigenvalue weighted by Gasteiger charge is 2.36. The molecular weight excluding hydrogens is 371 g/mol. The van der Waals surface area contributed by atoms with Crippen LogP contribution in [0.5, 0.6) is 5.75 Å². The monoisotopic (exact) mass is 394 g/mol. The molecule has 3 heterocycles. The Hall–Kier alpha value is -2.93. The maximum absolute atomic E-state index is 14.7. The van der Waals surface area contributed by atoms with Gasteiger partial charge in [0, 0.05) is 5.56 Å². The molecule has 1 fully saturated rings. The van der Waals surface area contributed by atoms with Crippen LogP contribution in [0.3, 0.4) is 0 Å². The summed E-state index contributed by atoms with van der Waals surface area (Å²) in [7, 11) is 0. The number of amides is 1. The van der Waals surface area contributed by atoms with Crippen molar-refractivity contribution in [2.45, 2.75) is 31.7 Å².